The van der Waals surface area contributed by atoms with E-state index < -0.39 is 0 Å². The summed E-state index contributed by atoms with van der Waals surface area (Å²) in [5, 5.41) is 0. The van der Waals surface area contributed by atoms with Crippen LogP contribution < -0.4 is 9.64 Å². The van der Waals surface area contributed by atoms with E-state index in [4.69, 9.17) is 9.47 Å². The molecule has 23 heavy (non-hydrogen) atoms. The maximum absolute atomic E-state index is 12.0. The van der Waals surface area contributed by atoms with Crippen LogP contribution in [0.5, 0.6) is 5.75 Å². The molecule has 0 aliphatic carbocycles. The molecule has 1 fully saturated rings. The monoisotopic (exact) mass is 311 g/mol. The number of piperidine rings is 1. The van der Waals surface area contributed by atoms with Gasteiger partial charge in [0.15, 0.2) is 6.61 Å². The van der Waals surface area contributed by atoms with Crippen LogP contribution in [0.3, 0.4) is 0 Å². The van der Waals surface area contributed by atoms with Crippen molar-refractivity contribution in [2.45, 2.75) is 18.9 Å². The van der Waals surface area contributed by atoms with Crippen LogP contribution in [0.2, 0.25) is 0 Å². The highest BCUT2D eigenvalue weighted by atomic mass is 16.6. The number of carbonyl (C=O) groups excluding carboxylic acids is 1. The van der Waals surface area contributed by atoms with E-state index >= 15 is 0 Å². The van der Waals surface area contributed by atoms with Crippen LogP contribution in [-0.4, -0.2) is 31.8 Å². The van der Waals surface area contributed by atoms with E-state index in [-0.39, 0.29) is 18.7 Å². The minimum absolute atomic E-state index is 0.0498. The summed E-state index contributed by atoms with van der Waals surface area (Å²) >= 11 is 0. The normalized spacial score (nSPS) is 17.6. The summed E-state index contributed by atoms with van der Waals surface area (Å²) in [4.78, 5) is 14.2. The second-order valence-electron chi connectivity index (χ2n) is 5.64. The first-order chi connectivity index (χ1) is 11.3. The number of hydrogen-bond acceptors (Lipinski definition) is 4. The van der Waals surface area contributed by atoms with E-state index in [1.807, 2.05) is 48.5 Å². The lowest BCUT2D eigenvalue weighted by atomic mass is 10.1. The topological polar surface area (TPSA) is 38.8 Å². The number of ether oxygens (including phenoxy) is 2. The fraction of sp³-hybridized carbons (Fsp3) is 0.316. The number of para-hydroxylation sites is 2. The Morgan fingerprint density at radius 1 is 1.04 bits per heavy atom. The molecule has 1 saturated heterocycles. The van der Waals surface area contributed by atoms with E-state index in [1.54, 1.807) is 0 Å². The van der Waals surface area contributed by atoms with E-state index in [0.29, 0.717) is 5.75 Å². The van der Waals surface area contributed by atoms with Gasteiger partial charge in [0, 0.05) is 12.2 Å². The molecule has 1 aliphatic heterocycles. The number of rotatable bonds is 5. The van der Waals surface area contributed by atoms with Gasteiger partial charge < -0.3 is 14.4 Å². The van der Waals surface area contributed by atoms with Crippen molar-refractivity contribution in [1.29, 1.82) is 0 Å². The number of carbonyl (C=O) groups is 1. The quantitative estimate of drug-likeness (QED) is 0.794. The van der Waals surface area contributed by atoms with Crippen LogP contribution in [0.4, 0.5) is 5.69 Å². The molecule has 1 aliphatic rings. The lowest BCUT2D eigenvalue weighted by Gasteiger charge is -2.34. The fourth-order valence-corrected chi connectivity index (χ4v) is 2.79. The third kappa shape index (κ3) is 4.49. The molecule has 3 rings (SSSR count). The Hall–Kier alpha value is -2.49. The van der Waals surface area contributed by atoms with E-state index in [0.717, 1.165) is 25.9 Å². The van der Waals surface area contributed by atoms with Crippen LogP contribution in [0.25, 0.3) is 0 Å². The van der Waals surface area contributed by atoms with Crippen LogP contribution in [0, 0.1) is 0 Å². The minimum atomic E-state index is -0.311. The van der Waals surface area contributed by atoms with Crippen LogP contribution >= 0.6 is 0 Å². The zero-order valence-corrected chi connectivity index (χ0v) is 13.1. The zero-order valence-electron chi connectivity index (χ0n) is 13.1. The lowest BCUT2D eigenvalue weighted by Crippen LogP contribution is -2.41. The summed E-state index contributed by atoms with van der Waals surface area (Å²) in [5.41, 5.74) is 1.17. The number of anilines is 1. The zero-order chi connectivity index (χ0) is 15.9. The van der Waals surface area contributed by atoms with Gasteiger partial charge >= 0.3 is 5.97 Å². The summed E-state index contributed by atoms with van der Waals surface area (Å²) in [6.07, 6.45) is 1.85. The SMILES string of the molecule is O=C(COc1ccccc1)OC1CCCN(c2ccccc2)C1. The largest absolute Gasteiger partial charge is 0.482 e. The predicted molar refractivity (Wildman–Crippen MR) is 89.7 cm³/mol. The first kappa shape index (κ1) is 15.4. The first-order valence-electron chi connectivity index (χ1n) is 7.98. The molecular formula is C19H21NO3. The minimum Gasteiger partial charge on any atom is -0.482 e. The van der Waals surface area contributed by atoms with Gasteiger partial charge in [-0.15, -0.1) is 0 Å². The molecule has 2 aromatic rings. The first-order valence-corrected chi connectivity index (χ1v) is 7.98. The second-order valence-corrected chi connectivity index (χ2v) is 5.64. The van der Waals surface area contributed by atoms with Gasteiger partial charge in [-0.3, -0.25) is 0 Å². The number of esters is 1. The Morgan fingerprint density at radius 2 is 1.74 bits per heavy atom. The summed E-state index contributed by atoms with van der Waals surface area (Å²) in [5.74, 6) is 0.368. The molecule has 0 saturated carbocycles. The molecule has 0 spiro atoms. The van der Waals surface area contributed by atoms with Crippen molar-refractivity contribution >= 4 is 11.7 Å². The molecule has 0 radical (unpaired) electrons. The molecule has 2 aromatic carbocycles. The van der Waals surface area contributed by atoms with Gasteiger partial charge in [-0.05, 0) is 37.1 Å². The average Bonchev–Trinajstić information content (AvgIpc) is 2.62. The number of benzene rings is 2. The van der Waals surface area contributed by atoms with Gasteiger partial charge in [-0.25, -0.2) is 4.79 Å². The second kappa shape index (κ2) is 7.68. The number of hydrogen-bond donors (Lipinski definition) is 0. The molecule has 0 aromatic heterocycles. The van der Waals surface area contributed by atoms with Crippen LogP contribution in [0.1, 0.15) is 12.8 Å². The molecule has 1 unspecified atom stereocenters. The molecule has 0 N–H and O–H groups in total. The molecule has 4 nitrogen and oxygen atoms in total. The summed E-state index contributed by atoms with van der Waals surface area (Å²) in [6, 6.07) is 19.5. The molecular weight excluding hydrogens is 290 g/mol. The third-order valence-corrected chi connectivity index (χ3v) is 3.90. The molecule has 120 valence electrons. The smallest absolute Gasteiger partial charge is 0.344 e. The summed E-state index contributed by atoms with van der Waals surface area (Å²) in [6.45, 7) is 1.69. The highest BCUT2D eigenvalue weighted by molar-refractivity contribution is 5.71. The van der Waals surface area contributed by atoms with Gasteiger partial charge in [-0.1, -0.05) is 36.4 Å². The van der Waals surface area contributed by atoms with Gasteiger partial charge in [0.2, 0.25) is 0 Å². The number of nitrogens with zero attached hydrogens (tertiary/aromatic N) is 1. The lowest BCUT2D eigenvalue weighted by molar-refractivity contribution is -0.151. The van der Waals surface area contributed by atoms with Crippen molar-refractivity contribution in [2.24, 2.45) is 0 Å². The maximum atomic E-state index is 12.0. The average molecular weight is 311 g/mol. The van der Waals surface area contributed by atoms with Crippen molar-refractivity contribution in [1.82, 2.24) is 0 Å². The fourth-order valence-electron chi connectivity index (χ4n) is 2.79. The van der Waals surface area contributed by atoms with Crippen molar-refractivity contribution < 1.29 is 14.3 Å². The molecule has 1 heterocycles. The predicted octanol–water partition coefficient (Wildman–Crippen LogP) is 3.28. The van der Waals surface area contributed by atoms with Crippen molar-refractivity contribution in [2.75, 3.05) is 24.6 Å². The Morgan fingerprint density at radius 3 is 2.48 bits per heavy atom. The van der Waals surface area contributed by atoms with Crippen molar-refractivity contribution in [3.05, 3.63) is 60.7 Å². The highest BCUT2D eigenvalue weighted by Crippen LogP contribution is 2.21. The maximum Gasteiger partial charge on any atom is 0.344 e. The van der Waals surface area contributed by atoms with E-state index in [2.05, 4.69) is 17.0 Å². The standard InChI is InChI=1S/C19H21NO3/c21-19(15-22-17-10-5-2-6-11-17)23-18-12-7-13-20(14-18)16-8-3-1-4-9-16/h1-6,8-11,18H,7,12-15H2. The van der Waals surface area contributed by atoms with Gasteiger partial charge in [0.1, 0.15) is 11.9 Å². The summed E-state index contributed by atoms with van der Waals surface area (Å²) < 4.78 is 11.0. The molecule has 0 amide bonds. The Labute approximate surface area is 136 Å². The van der Waals surface area contributed by atoms with Crippen molar-refractivity contribution in [3.63, 3.8) is 0 Å². The highest BCUT2D eigenvalue weighted by Gasteiger charge is 2.23. The van der Waals surface area contributed by atoms with Gasteiger partial charge in [-0.2, -0.15) is 0 Å². The van der Waals surface area contributed by atoms with E-state index in [9.17, 15) is 4.79 Å². The Bertz CT molecular complexity index is 615. The molecule has 1 atom stereocenters. The molecule has 0 bridgehead atoms. The van der Waals surface area contributed by atoms with Crippen LogP contribution in [-0.2, 0) is 9.53 Å². The Kier molecular flexibility index (Phi) is 5.14. The third-order valence-electron chi connectivity index (χ3n) is 3.90. The Balaban J connectivity index is 1.48. The van der Waals surface area contributed by atoms with E-state index in [1.165, 1.54) is 5.69 Å². The summed E-state index contributed by atoms with van der Waals surface area (Å²) in [7, 11) is 0. The molecule has 4 heteroatoms. The van der Waals surface area contributed by atoms with Crippen molar-refractivity contribution in [3.8, 4) is 5.75 Å². The van der Waals surface area contributed by atoms with Gasteiger partial charge in [0.25, 0.3) is 0 Å². The van der Waals surface area contributed by atoms with Crippen LogP contribution in [0.15, 0.2) is 60.7 Å². The van der Waals surface area contributed by atoms with Gasteiger partial charge in [0.05, 0.1) is 6.54 Å².